The van der Waals surface area contributed by atoms with Crippen molar-refractivity contribution in [2.45, 2.75) is 33.2 Å². The fourth-order valence-corrected chi connectivity index (χ4v) is 2.37. The minimum absolute atomic E-state index is 0.0577. The number of nitrogens with two attached hydrogens (primary N) is 1. The average molecular weight is 247 g/mol. The molecule has 1 aromatic heterocycles. The van der Waals surface area contributed by atoms with Crippen LogP contribution < -0.4 is 5.73 Å². The van der Waals surface area contributed by atoms with E-state index in [2.05, 4.69) is 11.9 Å². The molecule has 1 saturated heterocycles. The lowest BCUT2D eigenvalue weighted by Gasteiger charge is -2.35. The van der Waals surface area contributed by atoms with Gasteiger partial charge in [-0.1, -0.05) is 6.92 Å². The van der Waals surface area contributed by atoms with Gasteiger partial charge in [0.15, 0.2) is 0 Å². The molecule has 0 aromatic carbocycles. The molecular formula is C14H21N3O. The standard InChI is InChI=1S/C14H21N3O/c1-9-6-7-17(8-13(9)15)14(18)12-5-4-10(2)16-11(12)3/h4-5,9,13H,6-8,15H2,1-3H3. The van der Waals surface area contributed by atoms with Crippen LogP contribution in [0.4, 0.5) is 0 Å². The van der Waals surface area contributed by atoms with Crippen molar-refractivity contribution in [3.8, 4) is 0 Å². The fourth-order valence-electron chi connectivity index (χ4n) is 2.37. The smallest absolute Gasteiger partial charge is 0.255 e. The summed E-state index contributed by atoms with van der Waals surface area (Å²) in [7, 11) is 0. The SMILES string of the molecule is Cc1ccc(C(=O)N2CCC(C)C(N)C2)c(C)n1. The molecule has 1 fully saturated rings. The van der Waals surface area contributed by atoms with Crippen LogP contribution in [0.1, 0.15) is 35.1 Å². The Kier molecular flexibility index (Phi) is 3.66. The van der Waals surface area contributed by atoms with Gasteiger partial charge in [0.05, 0.1) is 11.3 Å². The Hall–Kier alpha value is -1.42. The highest BCUT2D eigenvalue weighted by molar-refractivity contribution is 5.95. The molecule has 98 valence electrons. The molecule has 2 atom stereocenters. The van der Waals surface area contributed by atoms with E-state index in [9.17, 15) is 4.79 Å². The predicted molar refractivity (Wildman–Crippen MR) is 71.4 cm³/mol. The number of nitrogens with zero attached hydrogens (tertiary/aromatic N) is 2. The molecular weight excluding hydrogens is 226 g/mol. The molecule has 0 aliphatic carbocycles. The van der Waals surface area contributed by atoms with E-state index >= 15 is 0 Å². The maximum absolute atomic E-state index is 12.4. The summed E-state index contributed by atoms with van der Waals surface area (Å²) >= 11 is 0. The summed E-state index contributed by atoms with van der Waals surface area (Å²) in [5.41, 5.74) is 8.47. The molecule has 1 aromatic rings. The molecule has 2 N–H and O–H groups in total. The minimum atomic E-state index is 0.0577. The van der Waals surface area contributed by atoms with Gasteiger partial charge < -0.3 is 10.6 Å². The Bertz CT molecular complexity index is 458. The van der Waals surface area contributed by atoms with Gasteiger partial charge in [0.25, 0.3) is 5.91 Å². The largest absolute Gasteiger partial charge is 0.337 e. The number of hydrogen-bond donors (Lipinski definition) is 1. The number of pyridine rings is 1. The quantitative estimate of drug-likeness (QED) is 0.818. The Balaban J connectivity index is 2.16. The summed E-state index contributed by atoms with van der Waals surface area (Å²) in [6.07, 6.45) is 0.977. The van der Waals surface area contributed by atoms with E-state index in [1.54, 1.807) is 0 Å². The van der Waals surface area contributed by atoms with E-state index in [0.717, 1.165) is 24.4 Å². The van der Waals surface area contributed by atoms with E-state index in [-0.39, 0.29) is 11.9 Å². The maximum Gasteiger partial charge on any atom is 0.255 e. The van der Waals surface area contributed by atoms with Gasteiger partial charge in [-0.15, -0.1) is 0 Å². The van der Waals surface area contributed by atoms with Crippen LogP contribution in [-0.4, -0.2) is 34.9 Å². The number of carbonyl (C=O) groups is 1. The Morgan fingerprint density at radius 1 is 1.44 bits per heavy atom. The molecule has 0 bridgehead atoms. The molecule has 1 aliphatic rings. The van der Waals surface area contributed by atoms with Crippen molar-refractivity contribution < 1.29 is 4.79 Å². The number of amides is 1. The number of hydrogen-bond acceptors (Lipinski definition) is 3. The lowest BCUT2D eigenvalue weighted by molar-refractivity contribution is 0.0671. The lowest BCUT2D eigenvalue weighted by atomic mass is 9.94. The topological polar surface area (TPSA) is 59.2 Å². The Labute approximate surface area is 108 Å². The van der Waals surface area contributed by atoms with Gasteiger partial charge in [-0.25, -0.2) is 0 Å². The zero-order valence-corrected chi connectivity index (χ0v) is 11.3. The molecule has 4 heteroatoms. The van der Waals surface area contributed by atoms with Gasteiger partial charge in [-0.2, -0.15) is 0 Å². The van der Waals surface area contributed by atoms with Crippen LogP contribution in [0.3, 0.4) is 0 Å². The van der Waals surface area contributed by atoms with Gasteiger partial charge >= 0.3 is 0 Å². The van der Waals surface area contributed by atoms with E-state index in [0.29, 0.717) is 18.0 Å². The lowest BCUT2D eigenvalue weighted by Crippen LogP contribution is -2.49. The highest BCUT2D eigenvalue weighted by atomic mass is 16.2. The fraction of sp³-hybridized carbons (Fsp3) is 0.571. The third-order valence-corrected chi connectivity index (χ3v) is 3.76. The molecule has 1 aliphatic heterocycles. The first-order chi connectivity index (χ1) is 8.49. The second-order valence-electron chi connectivity index (χ2n) is 5.27. The van der Waals surface area contributed by atoms with Gasteiger partial charge in [0.2, 0.25) is 0 Å². The van der Waals surface area contributed by atoms with E-state index in [1.165, 1.54) is 0 Å². The zero-order valence-electron chi connectivity index (χ0n) is 11.3. The van der Waals surface area contributed by atoms with Gasteiger partial charge in [-0.05, 0) is 38.3 Å². The molecule has 0 spiro atoms. The molecule has 0 radical (unpaired) electrons. The first kappa shape index (κ1) is 13.0. The summed E-state index contributed by atoms with van der Waals surface area (Å²) in [5.74, 6) is 0.550. The summed E-state index contributed by atoms with van der Waals surface area (Å²) in [4.78, 5) is 18.6. The first-order valence-corrected chi connectivity index (χ1v) is 6.48. The van der Waals surface area contributed by atoms with Crippen LogP contribution in [0.15, 0.2) is 12.1 Å². The van der Waals surface area contributed by atoms with Crippen molar-refractivity contribution in [2.75, 3.05) is 13.1 Å². The predicted octanol–water partition coefficient (Wildman–Crippen LogP) is 1.51. The number of carbonyl (C=O) groups excluding carboxylic acids is 1. The molecule has 18 heavy (non-hydrogen) atoms. The third kappa shape index (κ3) is 2.53. The first-order valence-electron chi connectivity index (χ1n) is 6.48. The molecule has 2 heterocycles. The second kappa shape index (κ2) is 5.06. The number of rotatable bonds is 1. The zero-order chi connectivity index (χ0) is 13.3. The van der Waals surface area contributed by atoms with Crippen LogP contribution >= 0.6 is 0 Å². The van der Waals surface area contributed by atoms with Crippen molar-refractivity contribution in [1.82, 2.24) is 9.88 Å². The van der Waals surface area contributed by atoms with Crippen molar-refractivity contribution in [1.29, 1.82) is 0 Å². The highest BCUT2D eigenvalue weighted by Gasteiger charge is 2.27. The molecule has 1 amide bonds. The summed E-state index contributed by atoms with van der Waals surface area (Å²) in [6, 6.07) is 3.83. The summed E-state index contributed by atoms with van der Waals surface area (Å²) < 4.78 is 0. The van der Waals surface area contributed by atoms with E-state index < -0.39 is 0 Å². The van der Waals surface area contributed by atoms with E-state index in [4.69, 9.17) is 5.73 Å². The van der Waals surface area contributed by atoms with Gasteiger partial charge in [0.1, 0.15) is 0 Å². The highest BCUT2D eigenvalue weighted by Crippen LogP contribution is 2.18. The summed E-state index contributed by atoms with van der Waals surface area (Å²) in [6.45, 7) is 7.39. The van der Waals surface area contributed by atoms with Crippen LogP contribution in [0.2, 0.25) is 0 Å². The van der Waals surface area contributed by atoms with Crippen molar-refractivity contribution in [2.24, 2.45) is 11.7 Å². The minimum Gasteiger partial charge on any atom is -0.337 e. The van der Waals surface area contributed by atoms with Crippen molar-refractivity contribution in [3.05, 3.63) is 29.1 Å². The van der Waals surface area contributed by atoms with E-state index in [1.807, 2.05) is 30.9 Å². The molecule has 2 rings (SSSR count). The molecule has 0 saturated carbocycles. The Morgan fingerprint density at radius 3 is 2.78 bits per heavy atom. The average Bonchev–Trinajstić information content (AvgIpc) is 2.32. The van der Waals surface area contributed by atoms with Crippen LogP contribution in [0.5, 0.6) is 0 Å². The second-order valence-corrected chi connectivity index (χ2v) is 5.27. The number of likely N-dealkylation sites (tertiary alicyclic amines) is 1. The normalized spacial score (nSPS) is 24.1. The monoisotopic (exact) mass is 247 g/mol. The molecule has 4 nitrogen and oxygen atoms in total. The maximum atomic E-state index is 12.4. The number of piperidine rings is 1. The number of aromatic nitrogens is 1. The molecule has 2 unspecified atom stereocenters. The van der Waals surface area contributed by atoms with Crippen molar-refractivity contribution in [3.63, 3.8) is 0 Å². The van der Waals surface area contributed by atoms with Crippen LogP contribution in [0.25, 0.3) is 0 Å². The van der Waals surface area contributed by atoms with Crippen LogP contribution in [0, 0.1) is 19.8 Å². The van der Waals surface area contributed by atoms with Crippen LogP contribution in [-0.2, 0) is 0 Å². The summed E-state index contributed by atoms with van der Waals surface area (Å²) in [5, 5.41) is 0. The Morgan fingerprint density at radius 2 is 2.17 bits per heavy atom. The van der Waals surface area contributed by atoms with Gasteiger partial charge in [0, 0.05) is 24.8 Å². The number of aryl methyl sites for hydroxylation is 2. The third-order valence-electron chi connectivity index (χ3n) is 3.76. The van der Waals surface area contributed by atoms with Crippen molar-refractivity contribution >= 4 is 5.91 Å². The van der Waals surface area contributed by atoms with Gasteiger partial charge in [-0.3, -0.25) is 9.78 Å².